The molecule has 1 aliphatic heterocycles. The predicted octanol–water partition coefficient (Wildman–Crippen LogP) is 2.06. The molecule has 0 radical (unpaired) electrons. The van der Waals surface area contributed by atoms with E-state index in [2.05, 4.69) is 4.98 Å². The molecular weight excluding hydrogens is 265 g/mol. The van der Waals surface area contributed by atoms with Crippen LogP contribution in [-0.2, 0) is 16.0 Å². The number of benzene rings is 1. The number of nitrogens with one attached hydrogen (secondary N) is 1. The molecule has 0 bridgehead atoms. The lowest BCUT2D eigenvalue weighted by molar-refractivity contribution is -0.127. The molecule has 1 aromatic heterocycles. The number of Topliss-reactive ketones (excluding diaryl/α,β-unsaturated/α-hetero) is 1. The van der Waals surface area contributed by atoms with Gasteiger partial charge in [0.1, 0.15) is 5.82 Å². The largest absolute Gasteiger partial charge is 0.491 e. The maximum absolute atomic E-state index is 13.9. The average molecular weight is 277 g/mol. The molecule has 2 heterocycles. The summed E-state index contributed by atoms with van der Waals surface area (Å²) in [6, 6.07) is 2.53. The summed E-state index contributed by atoms with van der Waals surface area (Å²) in [6.07, 6.45) is 4.08. The Morgan fingerprint density at radius 1 is 1.45 bits per heavy atom. The summed E-state index contributed by atoms with van der Waals surface area (Å²) in [5.41, 5.74) is 0.715. The third-order valence-electron chi connectivity index (χ3n) is 3.25. The monoisotopic (exact) mass is 277 g/mol. The number of ether oxygens (including phenoxy) is 1. The molecule has 3 rings (SSSR count). The van der Waals surface area contributed by atoms with Crippen LogP contribution >= 0.6 is 0 Å². The highest BCUT2D eigenvalue weighted by atomic mass is 19.1. The summed E-state index contributed by atoms with van der Waals surface area (Å²) in [5.74, 6) is -1.39. The summed E-state index contributed by atoms with van der Waals surface area (Å²) < 4.78 is 24.0. The zero-order valence-corrected chi connectivity index (χ0v) is 10.5. The SMILES string of the molecule is O=C(Cc1cc2oc(=O)[nH]c2cc1F)C1CCC=CO1. The van der Waals surface area contributed by atoms with Crippen molar-refractivity contribution in [2.24, 2.45) is 0 Å². The number of carbonyl (C=O) groups is 1. The Morgan fingerprint density at radius 3 is 3.05 bits per heavy atom. The zero-order valence-electron chi connectivity index (χ0n) is 10.5. The van der Waals surface area contributed by atoms with E-state index in [0.29, 0.717) is 6.42 Å². The van der Waals surface area contributed by atoms with Gasteiger partial charge in [-0.25, -0.2) is 9.18 Å². The van der Waals surface area contributed by atoms with Crippen LogP contribution in [0.5, 0.6) is 0 Å². The Bertz CT molecular complexity index is 743. The topological polar surface area (TPSA) is 72.3 Å². The number of rotatable bonds is 3. The minimum atomic E-state index is -0.649. The van der Waals surface area contributed by atoms with Gasteiger partial charge in [-0.15, -0.1) is 0 Å². The molecule has 5 nitrogen and oxygen atoms in total. The van der Waals surface area contributed by atoms with E-state index in [0.717, 1.165) is 12.5 Å². The van der Waals surface area contributed by atoms with E-state index >= 15 is 0 Å². The fourth-order valence-corrected chi connectivity index (χ4v) is 2.22. The number of hydrogen-bond acceptors (Lipinski definition) is 4. The van der Waals surface area contributed by atoms with Crippen LogP contribution in [0.1, 0.15) is 18.4 Å². The summed E-state index contributed by atoms with van der Waals surface area (Å²) in [5, 5.41) is 0. The van der Waals surface area contributed by atoms with E-state index in [-0.39, 0.29) is 28.9 Å². The Morgan fingerprint density at radius 2 is 2.30 bits per heavy atom. The van der Waals surface area contributed by atoms with Crippen molar-refractivity contribution < 1.29 is 18.3 Å². The number of aromatic amines is 1. The molecule has 0 spiro atoms. The Labute approximate surface area is 113 Å². The fourth-order valence-electron chi connectivity index (χ4n) is 2.22. The van der Waals surface area contributed by atoms with Gasteiger partial charge in [-0.2, -0.15) is 0 Å². The Kier molecular flexibility index (Phi) is 3.14. The molecule has 104 valence electrons. The minimum Gasteiger partial charge on any atom is -0.491 e. The highest BCUT2D eigenvalue weighted by Crippen LogP contribution is 2.19. The van der Waals surface area contributed by atoms with Gasteiger partial charge in [-0.3, -0.25) is 9.78 Å². The summed E-state index contributed by atoms with van der Waals surface area (Å²) in [4.78, 5) is 25.4. The summed E-state index contributed by atoms with van der Waals surface area (Å²) in [6.45, 7) is 0. The zero-order chi connectivity index (χ0) is 14.1. The van der Waals surface area contributed by atoms with Gasteiger partial charge in [0.2, 0.25) is 0 Å². The summed E-state index contributed by atoms with van der Waals surface area (Å²) >= 11 is 0. The Hall–Kier alpha value is -2.37. The second-order valence-electron chi connectivity index (χ2n) is 4.67. The lowest BCUT2D eigenvalue weighted by atomic mass is 10.0. The first kappa shape index (κ1) is 12.7. The van der Waals surface area contributed by atoms with Gasteiger partial charge < -0.3 is 9.15 Å². The minimum absolute atomic E-state index is 0.0881. The third kappa shape index (κ3) is 2.36. The molecule has 1 aromatic carbocycles. The number of carbonyl (C=O) groups excluding carboxylic acids is 1. The second kappa shape index (κ2) is 4.96. The number of fused-ring (bicyclic) bond motifs is 1. The van der Waals surface area contributed by atoms with Crippen molar-refractivity contribution in [3.05, 3.63) is 46.4 Å². The van der Waals surface area contributed by atoms with Crippen LogP contribution in [0, 0.1) is 5.82 Å². The van der Waals surface area contributed by atoms with Crippen LogP contribution in [0.2, 0.25) is 0 Å². The molecular formula is C14H12FNO4. The molecule has 6 heteroatoms. The molecule has 20 heavy (non-hydrogen) atoms. The van der Waals surface area contributed by atoms with Crippen LogP contribution in [0.25, 0.3) is 11.1 Å². The molecule has 0 saturated heterocycles. The molecule has 0 fully saturated rings. The molecule has 1 unspecified atom stereocenters. The summed E-state index contributed by atoms with van der Waals surface area (Å²) in [7, 11) is 0. The van der Waals surface area contributed by atoms with Gasteiger partial charge in [0, 0.05) is 12.5 Å². The van der Waals surface area contributed by atoms with Gasteiger partial charge in [0.15, 0.2) is 17.5 Å². The van der Waals surface area contributed by atoms with Gasteiger partial charge in [-0.1, -0.05) is 0 Å². The Balaban J connectivity index is 1.86. The fraction of sp³-hybridized carbons (Fsp3) is 0.286. The molecule has 0 aliphatic carbocycles. The van der Waals surface area contributed by atoms with Crippen molar-refractivity contribution in [1.82, 2.24) is 4.98 Å². The van der Waals surface area contributed by atoms with Crippen LogP contribution < -0.4 is 5.76 Å². The van der Waals surface area contributed by atoms with E-state index < -0.39 is 17.7 Å². The van der Waals surface area contributed by atoms with E-state index in [9.17, 15) is 14.0 Å². The van der Waals surface area contributed by atoms with Gasteiger partial charge in [0.25, 0.3) is 0 Å². The molecule has 1 aliphatic rings. The van der Waals surface area contributed by atoms with Crippen molar-refractivity contribution in [2.45, 2.75) is 25.4 Å². The molecule has 1 N–H and O–H groups in total. The van der Waals surface area contributed by atoms with E-state index in [1.54, 1.807) is 0 Å². The average Bonchev–Trinajstić information content (AvgIpc) is 2.79. The number of H-pyrrole nitrogens is 1. The first-order chi connectivity index (χ1) is 9.63. The quantitative estimate of drug-likeness (QED) is 0.932. The number of allylic oxidation sites excluding steroid dienone is 1. The van der Waals surface area contributed by atoms with Crippen LogP contribution in [0.3, 0.4) is 0 Å². The first-order valence-electron chi connectivity index (χ1n) is 6.28. The molecule has 0 amide bonds. The lowest BCUT2D eigenvalue weighted by Gasteiger charge is -2.18. The number of oxazole rings is 1. The van der Waals surface area contributed by atoms with E-state index in [4.69, 9.17) is 9.15 Å². The van der Waals surface area contributed by atoms with Crippen molar-refractivity contribution in [1.29, 1.82) is 0 Å². The van der Waals surface area contributed by atoms with Gasteiger partial charge in [0.05, 0.1) is 11.8 Å². The number of halogens is 1. The molecule has 0 saturated carbocycles. The first-order valence-corrected chi connectivity index (χ1v) is 6.28. The smallest absolute Gasteiger partial charge is 0.417 e. The third-order valence-corrected chi connectivity index (χ3v) is 3.25. The standard InChI is InChI=1S/C14H12FNO4/c15-9-7-10-13(20-14(18)16-10)6-8(9)5-11(17)12-3-1-2-4-19-12/h2,4,6-7,12H,1,3,5H2,(H,16,18). The van der Waals surface area contributed by atoms with E-state index in [1.807, 2.05) is 6.08 Å². The van der Waals surface area contributed by atoms with E-state index in [1.165, 1.54) is 12.3 Å². The van der Waals surface area contributed by atoms with Crippen molar-refractivity contribution in [3.8, 4) is 0 Å². The number of ketones is 1. The normalized spacial score (nSPS) is 18.1. The van der Waals surface area contributed by atoms with Crippen LogP contribution in [0.4, 0.5) is 4.39 Å². The van der Waals surface area contributed by atoms with Crippen molar-refractivity contribution in [3.63, 3.8) is 0 Å². The molecule has 1 atom stereocenters. The highest BCUT2D eigenvalue weighted by Gasteiger charge is 2.22. The van der Waals surface area contributed by atoms with Gasteiger partial charge in [-0.05, 0) is 30.5 Å². The predicted molar refractivity (Wildman–Crippen MR) is 68.8 cm³/mol. The highest BCUT2D eigenvalue weighted by molar-refractivity contribution is 5.86. The van der Waals surface area contributed by atoms with Gasteiger partial charge >= 0.3 is 5.76 Å². The number of aromatic nitrogens is 1. The lowest BCUT2D eigenvalue weighted by Crippen LogP contribution is -2.26. The van der Waals surface area contributed by atoms with Crippen molar-refractivity contribution in [2.75, 3.05) is 0 Å². The van der Waals surface area contributed by atoms with Crippen LogP contribution in [-0.4, -0.2) is 16.9 Å². The second-order valence-corrected chi connectivity index (χ2v) is 4.67. The van der Waals surface area contributed by atoms with Crippen molar-refractivity contribution >= 4 is 16.9 Å². The maximum atomic E-state index is 13.9. The maximum Gasteiger partial charge on any atom is 0.417 e. The number of hydrogen-bond donors (Lipinski definition) is 1. The van der Waals surface area contributed by atoms with Crippen LogP contribution in [0.15, 0.2) is 33.7 Å². The molecule has 2 aromatic rings.